The predicted octanol–water partition coefficient (Wildman–Crippen LogP) is 1.80. The third kappa shape index (κ3) is 2.68. The second kappa shape index (κ2) is 4.39. The van der Waals surface area contributed by atoms with Gasteiger partial charge in [-0.05, 0) is 25.1 Å². The summed E-state index contributed by atoms with van der Waals surface area (Å²) in [5.74, 6) is -1.29. The summed E-state index contributed by atoms with van der Waals surface area (Å²) in [7, 11) is 0. The van der Waals surface area contributed by atoms with Crippen molar-refractivity contribution in [1.29, 1.82) is 0 Å². The Morgan fingerprint density at radius 1 is 1.64 bits per heavy atom. The third-order valence-electron chi connectivity index (χ3n) is 1.57. The van der Waals surface area contributed by atoms with Gasteiger partial charge < -0.3 is 10.4 Å². The summed E-state index contributed by atoms with van der Waals surface area (Å²) in [6.45, 7) is 1.29. The predicted molar refractivity (Wildman–Crippen MR) is 51.7 cm³/mol. The molecule has 0 bridgehead atoms. The number of carbonyl (C=O) groups is 1. The van der Waals surface area contributed by atoms with Gasteiger partial charge in [0.2, 0.25) is 0 Å². The zero-order valence-corrected chi connectivity index (χ0v) is 8.18. The minimum Gasteiger partial charge on any atom is -0.384 e. The molecule has 0 fully saturated rings. The number of carbonyl (C=O) groups excluding carboxylic acids is 1. The smallest absolute Gasteiger partial charge is 0.252 e. The Bertz CT molecular complexity index is 355. The van der Waals surface area contributed by atoms with E-state index in [0.717, 1.165) is 6.07 Å². The Morgan fingerprint density at radius 2 is 2.29 bits per heavy atom. The first kappa shape index (κ1) is 10.9. The van der Waals surface area contributed by atoms with E-state index in [1.54, 1.807) is 0 Å². The van der Waals surface area contributed by atoms with Crippen LogP contribution in [0.2, 0.25) is 5.02 Å². The first-order chi connectivity index (χ1) is 6.50. The molecule has 0 saturated carbocycles. The monoisotopic (exact) mass is 217 g/mol. The number of aliphatic hydroxyl groups is 1. The SMILES string of the molecule is CC(O)C(=O)Nc1ccc(Cl)cc1F. The molecule has 1 unspecified atom stereocenters. The van der Waals surface area contributed by atoms with Crippen LogP contribution in [0.1, 0.15) is 6.92 Å². The van der Waals surface area contributed by atoms with E-state index in [4.69, 9.17) is 16.7 Å². The lowest BCUT2D eigenvalue weighted by molar-refractivity contribution is -0.123. The van der Waals surface area contributed by atoms with Crippen LogP contribution in [0.3, 0.4) is 0 Å². The van der Waals surface area contributed by atoms with E-state index in [2.05, 4.69) is 5.32 Å². The van der Waals surface area contributed by atoms with E-state index < -0.39 is 17.8 Å². The summed E-state index contributed by atoms with van der Waals surface area (Å²) >= 11 is 5.51. The molecule has 3 nitrogen and oxygen atoms in total. The number of nitrogens with one attached hydrogen (secondary N) is 1. The number of rotatable bonds is 2. The van der Waals surface area contributed by atoms with Crippen LogP contribution in [0.4, 0.5) is 10.1 Å². The lowest BCUT2D eigenvalue weighted by Gasteiger charge is -2.07. The molecule has 14 heavy (non-hydrogen) atoms. The molecule has 0 aliphatic heterocycles. The van der Waals surface area contributed by atoms with Crippen molar-refractivity contribution in [2.24, 2.45) is 0 Å². The maximum absolute atomic E-state index is 13.1. The molecule has 0 radical (unpaired) electrons. The second-order valence-corrected chi connectivity index (χ2v) is 3.23. The highest BCUT2D eigenvalue weighted by Crippen LogP contribution is 2.18. The highest BCUT2D eigenvalue weighted by molar-refractivity contribution is 6.30. The number of aliphatic hydroxyl groups excluding tert-OH is 1. The molecule has 0 heterocycles. The molecule has 0 spiro atoms. The van der Waals surface area contributed by atoms with Crippen LogP contribution in [-0.2, 0) is 4.79 Å². The van der Waals surface area contributed by atoms with Crippen LogP contribution < -0.4 is 5.32 Å². The van der Waals surface area contributed by atoms with E-state index >= 15 is 0 Å². The summed E-state index contributed by atoms with van der Waals surface area (Å²) < 4.78 is 13.1. The number of hydrogen-bond donors (Lipinski definition) is 2. The fourth-order valence-electron chi connectivity index (χ4n) is 0.828. The van der Waals surface area contributed by atoms with Gasteiger partial charge in [-0.1, -0.05) is 11.6 Å². The van der Waals surface area contributed by atoms with Crippen molar-refractivity contribution in [1.82, 2.24) is 0 Å². The molecule has 0 aliphatic rings. The maximum Gasteiger partial charge on any atom is 0.252 e. The van der Waals surface area contributed by atoms with Gasteiger partial charge in [-0.15, -0.1) is 0 Å². The highest BCUT2D eigenvalue weighted by Gasteiger charge is 2.11. The van der Waals surface area contributed by atoms with Crippen LogP contribution in [0.25, 0.3) is 0 Å². The van der Waals surface area contributed by atoms with Crippen LogP contribution in [0.15, 0.2) is 18.2 Å². The van der Waals surface area contributed by atoms with Crippen molar-refractivity contribution in [3.8, 4) is 0 Å². The van der Waals surface area contributed by atoms with Crippen LogP contribution in [0, 0.1) is 5.82 Å². The summed E-state index contributed by atoms with van der Waals surface area (Å²) in [5, 5.41) is 11.3. The topological polar surface area (TPSA) is 49.3 Å². The van der Waals surface area contributed by atoms with Crippen molar-refractivity contribution >= 4 is 23.2 Å². The Hall–Kier alpha value is -1.13. The highest BCUT2D eigenvalue weighted by atomic mass is 35.5. The third-order valence-corrected chi connectivity index (χ3v) is 1.80. The van der Waals surface area contributed by atoms with E-state index in [-0.39, 0.29) is 10.7 Å². The largest absolute Gasteiger partial charge is 0.384 e. The van der Waals surface area contributed by atoms with Gasteiger partial charge in [-0.2, -0.15) is 0 Å². The Balaban J connectivity index is 2.82. The molecule has 1 rings (SSSR count). The van der Waals surface area contributed by atoms with E-state index in [1.807, 2.05) is 0 Å². The molecule has 0 aromatic heterocycles. The zero-order chi connectivity index (χ0) is 10.7. The first-order valence-corrected chi connectivity index (χ1v) is 4.32. The van der Waals surface area contributed by atoms with Crippen LogP contribution in [0.5, 0.6) is 0 Å². The summed E-state index contributed by atoms with van der Waals surface area (Å²) in [5.41, 5.74) is 0.000278. The first-order valence-electron chi connectivity index (χ1n) is 3.94. The molecule has 1 aromatic carbocycles. The number of anilines is 1. The lowest BCUT2D eigenvalue weighted by atomic mass is 10.3. The number of hydrogen-bond acceptors (Lipinski definition) is 2. The molecule has 1 aromatic rings. The van der Waals surface area contributed by atoms with Crippen molar-refractivity contribution in [3.63, 3.8) is 0 Å². The fraction of sp³-hybridized carbons (Fsp3) is 0.222. The van der Waals surface area contributed by atoms with Crippen molar-refractivity contribution < 1.29 is 14.3 Å². The van der Waals surface area contributed by atoms with Gasteiger partial charge in [0.1, 0.15) is 11.9 Å². The molecular formula is C9H9ClFNO2. The normalized spacial score (nSPS) is 12.3. The number of halogens is 2. The standard InChI is InChI=1S/C9H9ClFNO2/c1-5(13)9(14)12-8-3-2-6(10)4-7(8)11/h2-5,13H,1H3,(H,12,14). The van der Waals surface area contributed by atoms with Gasteiger partial charge >= 0.3 is 0 Å². The van der Waals surface area contributed by atoms with Gasteiger partial charge in [0.15, 0.2) is 0 Å². The van der Waals surface area contributed by atoms with Crippen LogP contribution >= 0.6 is 11.6 Å². The van der Waals surface area contributed by atoms with Crippen molar-refractivity contribution in [2.75, 3.05) is 5.32 Å². The Labute approximate surface area is 85.5 Å². The summed E-state index contributed by atoms with van der Waals surface area (Å²) in [6.07, 6.45) is -1.18. The molecule has 76 valence electrons. The number of amides is 1. The van der Waals surface area contributed by atoms with Crippen molar-refractivity contribution in [2.45, 2.75) is 13.0 Å². The minimum absolute atomic E-state index is 0.000278. The summed E-state index contributed by atoms with van der Waals surface area (Å²) in [4.78, 5) is 11.0. The molecule has 0 saturated heterocycles. The average molecular weight is 218 g/mol. The number of benzene rings is 1. The zero-order valence-electron chi connectivity index (χ0n) is 7.42. The maximum atomic E-state index is 13.1. The Kier molecular flexibility index (Phi) is 3.43. The molecule has 0 aliphatic carbocycles. The van der Waals surface area contributed by atoms with E-state index in [1.165, 1.54) is 19.1 Å². The second-order valence-electron chi connectivity index (χ2n) is 2.79. The molecule has 1 amide bonds. The Morgan fingerprint density at radius 3 is 2.79 bits per heavy atom. The molecular weight excluding hydrogens is 209 g/mol. The minimum atomic E-state index is -1.18. The fourth-order valence-corrected chi connectivity index (χ4v) is 0.987. The quantitative estimate of drug-likeness (QED) is 0.794. The van der Waals surface area contributed by atoms with Gasteiger partial charge in [-0.25, -0.2) is 4.39 Å². The molecule has 5 heteroatoms. The van der Waals surface area contributed by atoms with E-state index in [9.17, 15) is 9.18 Å². The lowest BCUT2D eigenvalue weighted by Crippen LogP contribution is -2.24. The summed E-state index contributed by atoms with van der Waals surface area (Å²) in [6, 6.07) is 3.86. The van der Waals surface area contributed by atoms with Crippen LogP contribution in [-0.4, -0.2) is 17.1 Å². The molecule has 2 N–H and O–H groups in total. The van der Waals surface area contributed by atoms with Gasteiger partial charge in [0, 0.05) is 5.02 Å². The van der Waals surface area contributed by atoms with Crippen molar-refractivity contribution in [3.05, 3.63) is 29.0 Å². The average Bonchev–Trinajstić information content (AvgIpc) is 2.09. The van der Waals surface area contributed by atoms with Gasteiger partial charge in [-0.3, -0.25) is 4.79 Å². The van der Waals surface area contributed by atoms with Gasteiger partial charge in [0.25, 0.3) is 5.91 Å². The van der Waals surface area contributed by atoms with E-state index in [0.29, 0.717) is 0 Å². The molecule has 1 atom stereocenters. The van der Waals surface area contributed by atoms with Gasteiger partial charge in [0.05, 0.1) is 5.69 Å².